The van der Waals surface area contributed by atoms with Gasteiger partial charge in [-0.05, 0) is 45.8 Å². The maximum absolute atomic E-state index is 12.5. The number of hydrogen-bond acceptors (Lipinski definition) is 4. The Morgan fingerprint density at radius 3 is 2.48 bits per heavy atom. The van der Waals surface area contributed by atoms with Gasteiger partial charge in [-0.1, -0.05) is 12.1 Å². The van der Waals surface area contributed by atoms with Gasteiger partial charge in [0.05, 0.1) is 13.5 Å². The summed E-state index contributed by atoms with van der Waals surface area (Å²) in [7, 11) is 1.61. The van der Waals surface area contributed by atoms with Crippen molar-refractivity contribution in [3.05, 3.63) is 52.4 Å². The number of halogens is 1. The van der Waals surface area contributed by atoms with E-state index in [-0.39, 0.29) is 11.8 Å². The molecule has 1 fully saturated rings. The number of ether oxygens (including phenoxy) is 1. The standard InChI is InChI=1S/C18H19BrN2O4/c1-24-14-4-2-3-13(11-14)12-17(22)20-7-9-21(10-8-20)18(23)15-5-6-16(19)25-15/h2-6,11H,7-10,12H2,1H3. The van der Waals surface area contributed by atoms with Gasteiger partial charge in [0.2, 0.25) is 5.91 Å². The van der Waals surface area contributed by atoms with Gasteiger partial charge >= 0.3 is 0 Å². The molecule has 1 aliphatic heterocycles. The number of carbonyl (C=O) groups excluding carboxylic acids is 2. The lowest BCUT2D eigenvalue weighted by Crippen LogP contribution is -2.50. The number of hydrogen-bond donors (Lipinski definition) is 0. The number of amides is 2. The van der Waals surface area contributed by atoms with Crippen LogP contribution in [0.3, 0.4) is 0 Å². The fourth-order valence-electron chi connectivity index (χ4n) is 2.81. The highest BCUT2D eigenvalue weighted by molar-refractivity contribution is 9.10. The van der Waals surface area contributed by atoms with Gasteiger partial charge in [0, 0.05) is 26.2 Å². The molecular formula is C18H19BrN2O4. The van der Waals surface area contributed by atoms with Gasteiger partial charge < -0.3 is 19.0 Å². The van der Waals surface area contributed by atoms with Crippen molar-refractivity contribution >= 4 is 27.7 Å². The molecule has 1 aromatic heterocycles. The molecule has 0 spiro atoms. The molecule has 1 aliphatic rings. The monoisotopic (exact) mass is 406 g/mol. The second-order valence-corrected chi connectivity index (χ2v) is 6.59. The molecule has 0 radical (unpaired) electrons. The summed E-state index contributed by atoms with van der Waals surface area (Å²) in [5, 5.41) is 0. The summed E-state index contributed by atoms with van der Waals surface area (Å²) in [6.07, 6.45) is 0.330. The molecular weight excluding hydrogens is 388 g/mol. The van der Waals surface area contributed by atoms with E-state index in [0.29, 0.717) is 43.0 Å². The average molecular weight is 407 g/mol. The number of benzene rings is 1. The summed E-state index contributed by atoms with van der Waals surface area (Å²) in [5.74, 6) is 0.958. The first-order valence-corrected chi connectivity index (χ1v) is 8.81. The van der Waals surface area contributed by atoms with Gasteiger partial charge in [0.25, 0.3) is 5.91 Å². The van der Waals surface area contributed by atoms with Crippen LogP contribution >= 0.6 is 15.9 Å². The summed E-state index contributed by atoms with van der Waals surface area (Å²) < 4.78 is 11.0. The number of methoxy groups -OCH3 is 1. The van der Waals surface area contributed by atoms with E-state index in [0.717, 1.165) is 11.3 Å². The van der Waals surface area contributed by atoms with E-state index in [1.54, 1.807) is 29.0 Å². The van der Waals surface area contributed by atoms with Gasteiger partial charge in [-0.25, -0.2) is 0 Å². The molecule has 0 aliphatic carbocycles. The van der Waals surface area contributed by atoms with Crippen LogP contribution in [0.25, 0.3) is 0 Å². The van der Waals surface area contributed by atoms with E-state index < -0.39 is 0 Å². The molecule has 25 heavy (non-hydrogen) atoms. The highest BCUT2D eigenvalue weighted by Gasteiger charge is 2.26. The first-order valence-electron chi connectivity index (χ1n) is 8.02. The van der Waals surface area contributed by atoms with Gasteiger partial charge in [-0.15, -0.1) is 0 Å². The molecule has 1 aromatic carbocycles. The first kappa shape index (κ1) is 17.5. The zero-order chi connectivity index (χ0) is 17.8. The van der Waals surface area contributed by atoms with Crippen LogP contribution in [0.5, 0.6) is 5.75 Å². The third kappa shape index (κ3) is 4.22. The fourth-order valence-corrected chi connectivity index (χ4v) is 3.12. The molecule has 7 heteroatoms. The van der Waals surface area contributed by atoms with Crippen LogP contribution in [0, 0.1) is 0 Å². The molecule has 0 unspecified atom stereocenters. The normalized spacial score (nSPS) is 14.5. The van der Waals surface area contributed by atoms with Gasteiger partial charge in [-0.2, -0.15) is 0 Å². The Hall–Kier alpha value is -2.28. The quantitative estimate of drug-likeness (QED) is 0.782. The summed E-state index contributed by atoms with van der Waals surface area (Å²) in [6, 6.07) is 10.8. The highest BCUT2D eigenvalue weighted by atomic mass is 79.9. The van der Waals surface area contributed by atoms with E-state index >= 15 is 0 Å². The second-order valence-electron chi connectivity index (χ2n) is 5.81. The van der Waals surface area contributed by atoms with Crippen molar-refractivity contribution in [3.63, 3.8) is 0 Å². The van der Waals surface area contributed by atoms with Crippen LogP contribution in [-0.2, 0) is 11.2 Å². The number of carbonyl (C=O) groups is 2. The Balaban J connectivity index is 1.54. The van der Waals surface area contributed by atoms with Crippen LogP contribution in [0.4, 0.5) is 0 Å². The number of rotatable bonds is 4. The Kier molecular flexibility index (Phi) is 5.43. The van der Waals surface area contributed by atoms with Crippen molar-refractivity contribution in [2.45, 2.75) is 6.42 Å². The largest absolute Gasteiger partial charge is 0.497 e. The van der Waals surface area contributed by atoms with Crippen LogP contribution in [-0.4, -0.2) is 54.9 Å². The lowest BCUT2D eigenvalue weighted by molar-refractivity contribution is -0.131. The van der Waals surface area contributed by atoms with Crippen molar-refractivity contribution in [1.82, 2.24) is 9.80 Å². The minimum atomic E-state index is -0.148. The van der Waals surface area contributed by atoms with Crippen LogP contribution in [0.15, 0.2) is 45.5 Å². The average Bonchev–Trinajstić information content (AvgIpc) is 3.07. The van der Waals surface area contributed by atoms with Crippen LogP contribution < -0.4 is 4.74 Å². The van der Waals surface area contributed by atoms with Crippen molar-refractivity contribution in [2.75, 3.05) is 33.3 Å². The second kappa shape index (κ2) is 7.74. The highest BCUT2D eigenvalue weighted by Crippen LogP contribution is 2.18. The van der Waals surface area contributed by atoms with E-state index in [1.165, 1.54) is 0 Å². The zero-order valence-electron chi connectivity index (χ0n) is 13.9. The minimum absolute atomic E-state index is 0.0566. The predicted octanol–water partition coefficient (Wildman–Crippen LogP) is 2.58. The molecule has 132 valence electrons. The minimum Gasteiger partial charge on any atom is -0.497 e. The lowest BCUT2D eigenvalue weighted by atomic mass is 10.1. The summed E-state index contributed by atoms with van der Waals surface area (Å²) in [4.78, 5) is 28.3. The molecule has 0 saturated carbocycles. The van der Waals surface area contributed by atoms with Crippen molar-refractivity contribution in [3.8, 4) is 5.75 Å². The summed E-state index contributed by atoms with van der Waals surface area (Å²) in [5.41, 5.74) is 0.920. The summed E-state index contributed by atoms with van der Waals surface area (Å²) >= 11 is 3.20. The first-order chi connectivity index (χ1) is 12.1. The Labute approximate surface area is 154 Å². The Bertz CT molecular complexity index is 766. The SMILES string of the molecule is COc1cccc(CC(=O)N2CCN(C(=O)c3ccc(Br)o3)CC2)c1. The van der Waals surface area contributed by atoms with E-state index in [2.05, 4.69) is 15.9 Å². The smallest absolute Gasteiger partial charge is 0.289 e. The molecule has 2 amide bonds. The topological polar surface area (TPSA) is 63.0 Å². The van der Waals surface area contributed by atoms with Crippen LogP contribution in [0.1, 0.15) is 16.1 Å². The number of piperazine rings is 1. The van der Waals surface area contributed by atoms with E-state index in [1.807, 2.05) is 24.3 Å². The van der Waals surface area contributed by atoms with Crippen molar-refractivity contribution < 1.29 is 18.7 Å². The van der Waals surface area contributed by atoms with E-state index in [9.17, 15) is 9.59 Å². The molecule has 3 rings (SSSR count). The number of furan rings is 1. The molecule has 6 nitrogen and oxygen atoms in total. The molecule has 1 saturated heterocycles. The van der Waals surface area contributed by atoms with Crippen molar-refractivity contribution in [2.24, 2.45) is 0 Å². The number of nitrogens with zero attached hydrogens (tertiary/aromatic N) is 2. The van der Waals surface area contributed by atoms with Crippen molar-refractivity contribution in [1.29, 1.82) is 0 Å². The maximum atomic E-state index is 12.5. The van der Waals surface area contributed by atoms with E-state index in [4.69, 9.17) is 9.15 Å². The lowest BCUT2D eigenvalue weighted by Gasteiger charge is -2.34. The maximum Gasteiger partial charge on any atom is 0.289 e. The van der Waals surface area contributed by atoms with Crippen LogP contribution in [0.2, 0.25) is 0 Å². The Morgan fingerprint density at radius 1 is 1.12 bits per heavy atom. The summed E-state index contributed by atoms with van der Waals surface area (Å²) in [6.45, 7) is 2.05. The third-order valence-electron chi connectivity index (χ3n) is 4.19. The molecule has 2 heterocycles. The Morgan fingerprint density at radius 2 is 1.84 bits per heavy atom. The zero-order valence-corrected chi connectivity index (χ0v) is 15.5. The third-order valence-corrected chi connectivity index (χ3v) is 4.62. The molecule has 2 aromatic rings. The fraction of sp³-hybridized carbons (Fsp3) is 0.333. The van der Waals surface area contributed by atoms with Gasteiger partial charge in [-0.3, -0.25) is 9.59 Å². The van der Waals surface area contributed by atoms with Gasteiger partial charge in [0.1, 0.15) is 5.75 Å². The molecule has 0 atom stereocenters. The molecule has 0 bridgehead atoms. The van der Waals surface area contributed by atoms with Gasteiger partial charge in [0.15, 0.2) is 10.4 Å². The predicted molar refractivity (Wildman–Crippen MR) is 95.6 cm³/mol. The molecule has 0 N–H and O–H groups in total.